The minimum atomic E-state index is -0.000525. The molecular formula is C38H49N3O5. The summed E-state index contributed by atoms with van der Waals surface area (Å²) in [5.41, 5.74) is 1.62. The van der Waals surface area contributed by atoms with Crippen molar-refractivity contribution in [2.75, 3.05) is 20.3 Å². The number of methoxy groups -OCH3 is 1. The zero-order chi connectivity index (χ0) is 32.7. The van der Waals surface area contributed by atoms with Crippen LogP contribution in [0.2, 0.25) is 0 Å². The first-order chi connectivity index (χ1) is 22.4. The number of unbranched alkanes of at least 4 members (excludes halogenated alkanes) is 4. The molecule has 0 saturated carbocycles. The zero-order valence-corrected chi connectivity index (χ0v) is 27.8. The van der Waals surface area contributed by atoms with Crippen molar-refractivity contribution in [1.29, 1.82) is 0 Å². The average molecular weight is 628 g/mol. The van der Waals surface area contributed by atoms with Crippen LogP contribution in [0, 0.1) is 5.92 Å². The van der Waals surface area contributed by atoms with Crippen molar-refractivity contribution >= 4 is 5.57 Å². The fraction of sp³-hybridized carbons (Fsp3) is 0.447. The van der Waals surface area contributed by atoms with Gasteiger partial charge in [0, 0.05) is 24.1 Å². The summed E-state index contributed by atoms with van der Waals surface area (Å²) >= 11 is 0. The van der Waals surface area contributed by atoms with E-state index in [2.05, 4.69) is 20.8 Å². The van der Waals surface area contributed by atoms with Crippen molar-refractivity contribution in [3.8, 4) is 40.0 Å². The van der Waals surface area contributed by atoms with Gasteiger partial charge in [0.05, 0.1) is 37.2 Å². The molecule has 1 aliphatic rings. The van der Waals surface area contributed by atoms with Crippen molar-refractivity contribution in [3.63, 3.8) is 0 Å². The first-order valence-corrected chi connectivity index (χ1v) is 16.8. The molecule has 2 aromatic carbocycles. The SMILES string of the molecule is CCCCCCOc1ccc(-c2nc(C3=C(O)/C=C(/OCC(CC)CCCC)CCC=C3)nc(-c3ccc(OC)cc3)n2)c(O)c1. The molecule has 46 heavy (non-hydrogen) atoms. The van der Waals surface area contributed by atoms with Crippen LogP contribution < -0.4 is 9.47 Å². The normalized spacial score (nSPS) is 15.1. The van der Waals surface area contributed by atoms with E-state index in [4.69, 9.17) is 29.2 Å². The Morgan fingerprint density at radius 2 is 1.54 bits per heavy atom. The molecule has 0 bridgehead atoms. The number of aliphatic hydroxyl groups excluding tert-OH is 1. The molecule has 0 saturated heterocycles. The van der Waals surface area contributed by atoms with E-state index < -0.39 is 0 Å². The summed E-state index contributed by atoms with van der Waals surface area (Å²) in [6.07, 6.45) is 15.9. The lowest BCUT2D eigenvalue weighted by Gasteiger charge is -2.18. The molecule has 3 aromatic rings. The van der Waals surface area contributed by atoms with Crippen molar-refractivity contribution in [2.24, 2.45) is 5.92 Å². The lowest BCUT2D eigenvalue weighted by Crippen LogP contribution is -2.10. The number of phenolic OH excluding ortho intramolecular Hbond substituents is 1. The number of nitrogens with zero attached hydrogens (tertiary/aromatic N) is 3. The maximum atomic E-state index is 11.4. The van der Waals surface area contributed by atoms with Gasteiger partial charge in [-0.25, -0.2) is 15.0 Å². The Morgan fingerprint density at radius 1 is 0.804 bits per heavy atom. The van der Waals surface area contributed by atoms with Crippen molar-refractivity contribution < 1.29 is 24.4 Å². The maximum Gasteiger partial charge on any atom is 0.167 e. The van der Waals surface area contributed by atoms with Gasteiger partial charge in [0.15, 0.2) is 17.5 Å². The topological polar surface area (TPSA) is 107 Å². The molecule has 0 aliphatic heterocycles. The highest BCUT2D eigenvalue weighted by molar-refractivity contribution is 5.76. The summed E-state index contributed by atoms with van der Waals surface area (Å²) in [5.74, 6) is 3.49. The molecule has 8 nitrogen and oxygen atoms in total. The molecular weight excluding hydrogens is 578 g/mol. The van der Waals surface area contributed by atoms with Crippen LogP contribution in [0.3, 0.4) is 0 Å². The second-order valence-corrected chi connectivity index (χ2v) is 11.7. The molecule has 1 aromatic heterocycles. The highest BCUT2D eigenvalue weighted by Gasteiger charge is 2.19. The predicted molar refractivity (Wildman–Crippen MR) is 184 cm³/mol. The van der Waals surface area contributed by atoms with E-state index in [1.165, 1.54) is 12.8 Å². The first-order valence-electron chi connectivity index (χ1n) is 16.8. The van der Waals surface area contributed by atoms with Crippen LogP contribution in [0.5, 0.6) is 17.2 Å². The maximum absolute atomic E-state index is 11.4. The van der Waals surface area contributed by atoms with E-state index in [-0.39, 0.29) is 23.2 Å². The number of ether oxygens (including phenoxy) is 3. The van der Waals surface area contributed by atoms with Crippen molar-refractivity contribution in [2.45, 2.75) is 85.0 Å². The fourth-order valence-corrected chi connectivity index (χ4v) is 5.24. The van der Waals surface area contributed by atoms with Gasteiger partial charge >= 0.3 is 0 Å². The van der Waals surface area contributed by atoms with Crippen molar-refractivity contribution in [3.05, 3.63) is 78.0 Å². The lowest BCUT2D eigenvalue weighted by atomic mass is 10.0. The molecule has 0 radical (unpaired) electrons. The Labute approximate surface area is 273 Å². The van der Waals surface area contributed by atoms with E-state index in [1.807, 2.05) is 42.5 Å². The van der Waals surface area contributed by atoms with Crippen LogP contribution in [0.25, 0.3) is 28.3 Å². The smallest absolute Gasteiger partial charge is 0.167 e. The second kappa shape index (κ2) is 18.0. The zero-order valence-electron chi connectivity index (χ0n) is 27.8. The Kier molecular flexibility index (Phi) is 13.5. The standard InChI is InChI=1S/C38H49N3O5/c1-5-8-10-13-23-45-31-21-22-33(35(43)25-31)38-40-36(28-17-19-29(44-4)20-18-28)39-37(41-38)32-16-12-11-15-30(24-34(32)42)46-26-27(7-3)14-9-6-2/h12,16-22,24-25,27,42-43H,5-11,13-15,23,26H2,1-4H3/b16-12?,30-24+,34-32?. The number of hydrogen-bond acceptors (Lipinski definition) is 8. The molecule has 1 heterocycles. The van der Waals surface area contributed by atoms with Crippen LogP contribution in [0.15, 0.2) is 72.2 Å². The van der Waals surface area contributed by atoms with Gasteiger partial charge in [-0.15, -0.1) is 0 Å². The van der Waals surface area contributed by atoms with E-state index in [0.29, 0.717) is 54.0 Å². The Hall–Kier alpha value is -4.33. The lowest BCUT2D eigenvalue weighted by molar-refractivity contribution is 0.148. The quantitative estimate of drug-likeness (QED) is 0.143. The molecule has 0 amide bonds. The van der Waals surface area contributed by atoms with E-state index in [1.54, 1.807) is 25.3 Å². The summed E-state index contributed by atoms with van der Waals surface area (Å²) in [7, 11) is 1.62. The fourth-order valence-electron chi connectivity index (χ4n) is 5.24. The third kappa shape index (κ3) is 9.83. The highest BCUT2D eigenvalue weighted by atomic mass is 16.5. The number of aromatic nitrogens is 3. The molecule has 0 spiro atoms. The number of phenols is 1. The Balaban J connectivity index is 1.70. The highest BCUT2D eigenvalue weighted by Crippen LogP contribution is 2.33. The summed E-state index contributed by atoms with van der Waals surface area (Å²) in [4.78, 5) is 14.3. The number of aromatic hydroxyl groups is 1. The molecule has 1 atom stereocenters. The van der Waals surface area contributed by atoms with Gasteiger partial charge in [0.25, 0.3) is 0 Å². The molecule has 4 rings (SSSR count). The van der Waals surface area contributed by atoms with Gasteiger partial charge in [-0.3, -0.25) is 0 Å². The van der Waals surface area contributed by atoms with Crippen LogP contribution in [-0.2, 0) is 4.74 Å². The number of allylic oxidation sites excluding steroid dienone is 5. The molecule has 2 N–H and O–H groups in total. The third-order valence-corrected chi connectivity index (χ3v) is 8.16. The van der Waals surface area contributed by atoms with Gasteiger partial charge in [-0.2, -0.15) is 0 Å². The third-order valence-electron chi connectivity index (χ3n) is 8.16. The van der Waals surface area contributed by atoms with Gasteiger partial charge in [0.2, 0.25) is 0 Å². The molecule has 246 valence electrons. The van der Waals surface area contributed by atoms with Crippen LogP contribution in [0.1, 0.15) is 90.8 Å². The summed E-state index contributed by atoms with van der Waals surface area (Å²) in [6.45, 7) is 7.79. The van der Waals surface area contributed by atoms with Crippen molar-refractivity contribution in [1.82, 2.24) is 15.0 Å². The van der Waals surface area contributed by atoms with Gasteiger partial charge in [0.1, 0.15) is 23.0 Å². The first kappa shape index (κ1) is 34.5. The van der Waals surface area contributed by atoms with Gasteiger partial charge in [-0.05, 0) is 61.6 Å². The average Bonchev–Trinajstić information content (AvgIpc) is 3.06. The number of hydrogen-bond donors (Lipinski definition) is 2. The Morgan fingerprint density at radius 3 is 2.26 bits per heavy atom. The second-order valence-electron chi connectivity index (χ2n) is 11.7. The van der Waals surface area contributed by atoms with Crippen LogP contribution in [-0.4, -0.2) is 45.5 Å². The largest absolute Gasteiger partial charge is 0.507 e. The monoisotopic (exact) mass is 627 g/mol. The molecule has 1 unspecified atom stereocenters. The number of rotatable bonds is 17. The van der Waals surface area contributed by atoms with E-state index in [9.17, 15) is 10.2 Å². The number of benzene rings is 2. The van der Waals surface area contributed by atoms with E-state index in [0.717, 1.165) is 56.3 Å². The minimum absolute atomic E-state index is 0.000525. The molecule has 8 heteroatoms. The predicted octanol–water partition coefficient (Wildman–Crippen LogP) is 9.61. The van der Waals surface area contributed by atoms with Crippen LogP contribution >= 0.6 is 0 Å². The minimum Gasteiger partial charge on any atom is -0.507 e. The number of aliphatic hydroxyl groups is 1. The van der Waals surface area contributed by atoms with Gasteiger partial charge < -0.3 is 24.4 Å². The van der Waals surface area contributed by atoms with Crippen LogP contribution in [0.4, 0.5) is 0 Å². The van der Waals surface area contributed by atoms with Gasteiger partial charge in [-0.1, -0.05) is 71.4 Å². The molecule has 1 aliphatic carbocycles. The van der Waals surface area contributed by atoms with E-state index >= 15 is 0 Å². The Bertz CT molecular complexity index is 1500. The summed E-state index contributed by atoms with van der Waals surface area (Å²) < 4.78 is 17.4. The molecule has 0 fully saturated rings. The summed E-state index contributed by atoms with van der Waals surface area (Å²) in [6, 6.07) is 12.6. The summed E-state index contributed by atoms with van der Waals surface area (Å²) in [5, 5.41) is 22.4.